The molecule has 3 rings (SSSR count). The molecule has 0 saturated carbocycles. The largest absolute Gasteiger partial charge is 0.357 e. The number of amides is 1. The highest BCUT2D eigenvalue weighted by molar-refractivity contribution is 8.00. The lowest BCUT2D eigenvalue weighted by molar-refractivity contribution is -0.130. The van der Waals surface area contributed by atoms with Crippen molar-refractivity contribution < 1.29 is 4.79 Å². The van der Waals surface area contributed by atoms with Gasteiger partial charge in [0.1, 0.15) is 6.54 Å². The predicted molar refractivity (Wildman–Crippen MR) is 108 cm³/mol. The standard InChI is InChI=1S/C18H28N4OS2/c1-3-15-13-22(8-10-24-15)18(19-4-2)20-11-17(23)21-7-5-16-14(12-21)6-9-25-16/h6,9,15H,3-5,7-8,10-13H2,1-2H3,(H,19,20). The number of nitrogens with one attached hydrogen (secondary N) is 1. The fourth-order valence-corrected chi connectivity index (χ4v) is 5.36. The van der Waals surface area contributed by atoms with E-state index in [0.29, 0.717) is 5.25 Å². The number of fused-ring (bicyclic) bond motifs is 1. The molecular formula is C18H28N4OS2. The van der Waals surface area contributed by atoms with Crippen molar-refractivity contribution in [3.63, 3.8) is 0 Å². The summed E-state index contributed by atoms with van der Waals surface area (Å²) >= 11 is 3.85. The number of guanidine groups is 1. The fourth-order valence-electron chi connectivity index (χ4n) is 3.29. The zero-order valence-electron chi connectivity index (χ0n) is 15.2. The highest BCUT2D eigenvalue weighted by Crippen LogP contribution is 2.24. The molecule has 5 nitrogen and oxygen atoms in total. The molecule has 1 saturated heterocycles. The molecule has 0 bridgehead atoms. The van der Waals surface area contributed by atoms with E-state index in [1.165, 1.54) is 16.9 Å². The van der Waals surface area contributed by atoms with Gasteiger partial charge in [-0.1, -0.05) is 6.92 Å². The minimum absolute atomic E-state index is 0.130. The number of nitrogens with zero attached hydrogens (tertiary/aromatic N) is 3. The molecular weight excluding hydrogens is 352 g/mol. The van der Waals surface area contributed by atoms with Gasteiger partial charge in [0.15, 0.2) is 5.96 Å². The molecule has 7 heteroatoms. The van der Waals surface area contributed by atoms with E-state index in [-0.39, 0.29) is 12.5 Å². The zero-order valence-corrected chi connectivity index (χ0v) is 16.8. The summed E-state index contributed by atoms with van der Waals surface area (Å²) in [5.74, 6) is 2.15. The van der Waals surface area contributed by atoms with Crippen LogP contribution in [0.5, 0.6) is 0 Å². The number of aliphatic imine (C=N–C) groups is 1. The Balaban J connectivity index is 1.60. The molecule has 138 valence electrons. The summed E-state index contributed by atoms with van der Waals surface area (Å²) in [5, 5.41) is 6.15. The van der Waals surface area contributed by atoms with Crippen molar-refractivity contribution in [1.82, 2.24) is 15.1 Å². The number of thioether (sulfide) groups is 1. The minimum Gasteiger partial charge on any atom is -0.357 e. The summed E-state index contributed by atoms with van der Waals surface area (Å²) in [4.78, 5) is 23.0. The van der Waals surface area contributed by atoms with Gasteiger partial charge in [-0.05, 0) is 36.8 Å². The summed E-state index contributed by atoms with van der Waals surface area (Å²) in [6.45, 7) is 8.96. The van der Waals surface area contributed by atoms with E-state index in [9.17, 15) is 4.79 Å². The van der Waals surface area contributed by atoms with Gasteiger partial charge in [0.05, 0.1) is 0 Å². The Morgan fingerprint density at radius 2 is 2.24 bits per heavy atom. The lowest BCUT2D eigenvalue weighted by atomic mass is 10.1. The summed E-state index contributed by atoms with van der Waals surface area (Å²) in [6.07, 6.45) is 2.15. The van der Waals surface area contributed by atoms with Crippen LogP contribution in [0.3, 0.4) is 0 Å². The maximum atomic E-state index is 12.6. The monoisotopic (exact) mass is 380 g/mol. The van der Waals surface area contributed by atoms with Crippen molar-refractivity contribution in [2.24, 2.45) is 4.99 Å². The van der Waals surface area contributed by atoms with E-state index < -0.39 is 0 Å². The first-order valence-corrected chi connectivity index (χ1v) is 11.1. The van der Waals surface area contributed by atoms with Crippen molar-refractivity contribution in [2.45, 2.75) is 38.5 Å². The molecule has 1 unspecified atom stereocenters. The summed E-state index contributed by atoms with van der Waals surface area (Å²) in [5.41, 5.74) is 1.30. The molecule has 2 aliphatic heterocycles. The first-order valence-electron chi connectivity index (χ1n) is 9.19. The molecule has 25 heavy (non-hydrogen) atoms. The third-order valence-corrected chi connectivity index (χ3v) is 7.15. The van der Waals surface area contributed by atoms with Gasteiger partial charge in [0.2, 0.25) is 5.91 Å². The second-order valence-corrected chi connectivity index (χ2v) is 8.86. The number of rotatable bonds is 4. The summed E-state index contributed by atoms with van der Waals surface area (Å²) < 4.78 is 0. The maximum absolute atomic E-state index is 12.6. The van der Waals surface area contributed by atoms with E-state index >= 15 is 0 Å². The number of thiophene rings is 1. The zero-order chi connectivity index (χ0) is 17.6. The van der Waals surface area contributed by atoms with Crippen LogP contribution >= 0.6 is 23.1 Å². The SMILES string of the molecule is CCNC(=NCC(=O)N1CCc2sccc2C1)N1CCSC(CC)C1. The lowest BCUT2D eigenvalue weighted by Gasteiger charge is -2.34. The Morgan fingerprint density at radius 1 is 1.36 bits per heavy atom. The second-order valence-electron chi connectivity index (χ2n) is 6.45. The van der Waals surface area contributed by atoms with Crippen LogP contribution in [0.15, 0.2) is 16.4 Å². The van der Waals surface area contributed by atoms with Crippen molar-refractivity contribution in [3.05, 3.63) is 21.9 Å². The minimum atomic E-state index is 0.130. The lowest BCUT2D eigenvalue weighted by Crippen LogP contribution is -2.48. The van der Waals surface area contributed by atoms with E-state index in [2.05, 4.69) is 40.5 Å². The Kier molecular flexibility index (Phi) is 6.64. The molecule has 3 heterocycles. The van der Waals surface area contributed by atoms with Crippen molar-refractivity contribution in [1.29, 1.82) is 0 Å². The Hall–Kier alpha value is -1.21. The molecule has 0 aromatic carbocycles. The first-order chi connectivity index (χ1) is 12.2. The maximum Gasteiger partial charge on any atom is 0.244 e. The van der Waals surface area contributed by atoms with Gasteiger partial charge in [-0.3, -0.25) is 4.79 Å². The molecule has 0 spiro atoms. The molecule has 1 fully saturated rings. The molecule has 0 aliphatic carbocycles. The van der Waals surface area contributed by atoms with E-state index in [1.807, 2.05) is 16.7 Å². The quantitative estimate of drug-likeness (QED) is 0.644. The highest BCUT2D eigenvalue weighted by atomic mass is 32.2. The molecule has 1 amide bonds. The van der Waals surface area contributed by atoms with Crippen LogP contribution in [0, 0.1) is 0 Å². The van der Waals surface area contributed by atoms with Crippen LogP contribution in [-0.2, 0) is 17.8 Å². The van der Waals surface area contributed by atoms with Crippen LogP contribution in [0.2, 0.25) is 0 Å². The van der Waals surface area contributed by atoms with Gasteiger partial charge in [-0.15, -0.1) is 11.3 Å². The number of hydrogen-bond acceptors (Lipinski definition) is 4. The smallest absolute Gasteiger partial charge is 0.244 e. The molecule has 1 aromatic rings. The molecule has 2 aliphatic rings. The van der Waals surface area contributed by atoms with Crippen LogP contribution in [0.1, 0.15) is 30.7 Å². The van der Waals surface area contributed by atoms with Gasteiger partial charge >= 0.3 is 0 Å². The van der Waals surface area contributed by atoms with Gasteiger partial charge in [0.25, 0.3) is 0 Å². The van der Waals surface area contributed by atoms with Gasteiger partial charge in [-0.25, -0.2) is 4.99 Å². The van der Waals surface area contributed by atoms with Crippen molar-refractivity contribution in [2.75, 3.05) is 38.5 Å². The van der Waals surface area contributed by atoms with Gasteiger partial charge in [-0.2, -0.15) is 11.8 Å². The van der Waals surface area contributed by atoms with Crippen molar-refractivity contribution >= 4 is 35.0 Å². The van der Waals surface area contributed by atoms with E-state index in [1.54, 1.807) is 11.3 Å². The summed E-state index contributed by atoms with van der Waals surface area (Å²) in [6, 6.07) is 2.14. The van der Waals surface area contributed by atoms with Gasteiger partial charge in [0, 0.05) is 48.6 Å². The molecule has 0 radical (unpaired) electrons. The van der Waals surface area contributed by atoms with Crippen LogP contribution < -0.4 is 5.32 Å². The molecule has 1 N–H and O–H groups in total. The number of carbonyl (C=O) groups is 1. The fraction of sp³-hybridized carbons (Fsp3) is 0.667. The predicted octanol–water partition coefficient (Wildman–Crippen LogP) is 2.43. The number of hydrogen-bond donors (Lipinski definition) is 1. The topological polar surface area (TPSA) is 47.9 Å². The second kappa shape index (κ2) is 8.94. The third-order valence-electron chi connectivity index (χ3n) is 4.75. The van der Waals surface area contributed by atoms with Crippen LogP contribution in [0.4, 0.5) is 0 Å². The third kappa shape index (κ3) is 4.70. The average Bonchev–Trinajstić information content (AvgIpc) is 3.12. The van der Waals surface area contributed by atoms with Crippen molar-refractivity contribution in [3.8, 4) is 0 Å². The highest BCUT2D eigenvalue weighted by Gasteiger charge is 2.23. The van der Waals surface area contributed by atoms with Crippen LogP contribution in [-0.4, -0.2) is 65.4 Å². The van der Waals surface area contributed by atoms with Gasteiger partial charge < -0.3 is 15.1 Å². The Labute approximate surface area is 158 Å². The Morgan fingerprint density at radius 3 is 3.04 bits per heavy atom. The summed E-state index contributed by atoms with van der Waals surface area (Å²) in [7, 11) is 0. The molecule has 1 atom stereocenters. The number of carbonyl (C=O) groups excluding carboxylic acids is 1. The Bertz CT molecular complexity index is 616. The normalized spacial score (nSPS) is 21.2. The van der Waals surface area contributed by atoms with Crippen LogP contribution in [0.25, 0.3) is 0 Å². The van der Waals surface area contributed by atoms with E-state index in [4.69, 9.17) is 0 Å². The van der Waals surface area contributed by atoms with E-state index in [0.717, 1.165) is 50.9 Å². The first kappa shape index (κ1) is 18.6. The average molecular weight is 381 g/mol. The molecule has 1 aromatic heterocycles.